The maximum atomic E-state index is 4.93. The van der Waals surface area contributed by atoms with E-state index in [1.54, 1.807) is 0 Å². The maximum absolute atomic E-state index is 4.93. The van der Waals surface area contributed by atoms with Gasteiger partial charge in [0.15, 0.2) is 0 Å². The molecule has 8 aromatic rings. The Morgan fingerprint density at radius 2 is 0.984 bits per heavy atom. The zero-order valence-electron chi connectivity index (χ0n) is 37.9. The summed E-state index contributed by atoms with van der Waals surface area (Å²) in [6, 6.07) is 58.8. The quantitative estimate of drug-likeness (QED) is 0.105. The van der Waals surface area contributed by atoms with Crippen LogP contribution in [0.3, 0.4) is 0 Å². The van der Waals surface area contributed by atoms with E-state index in [1.807, 2.05) is 6.07 Å². The fourth-order valence-corrected chi connectivity index (χ4v) is 9.60. The van der Waals surface area contributed by atoms with Gasteiger partial charge in [-0.2, -0.15) is 41.6 Å². The predicted octanol–water partition coefficient (Wildman–Crippen LogP) is 16.2. The molecule has 0 N–H and O–H groups in total. The van der Waals surface area contributed by atoms with Gasteiger partial charge >= 0.3 is 37.9 Å². The van der Waals surface area contributed by atoms with E-state index in [9.17, 15) is 0 Å². The number of hydrogen-bond donors (Lipinski definition) is 0. The van der Waals surface area contributed by atoms with Crippen LogP contribution in [0.15, 0.2) is 152 Å². The topological polar surface area (TPSA) is 0 Å². The molecule has 0 unspecified atom stereocenters. The number of unbranched alkanes of at least 4 members (excludes halogenated alkanes) is 2. The van der Waals surface area contributed by atoms with Gasteiger partial charge in [-0.1, -0.05) is 186 Å². The summed E-state index contributed by atoms with van der Waals surface area (Å²) in [6.45, 7) is 18.3. The third kappa shape index (κ3) is 11.9. The Labute approximate surface area is 394 Å². The largest absolute Gasteiger partial charge is 0.184 e. The van der Waals surface area contributed by atoms with Crippen molar-refractivity contribution in [2.24, 2.45) is 0 Å². The molecule has 0 bridgehead atoms. The molecule has 1 heterocycles. The van der Waals surface area contributed by atoms with Crippen molar-refractivity contribution in [1.29, 1.82) is 0 Å². The number of aryl methyl sites for hydroxylation is 2. The van der Waals surface area contributed by atoms with Crippen LogP contribution in [0.4, 0.5) is 0 Å². The Morgan fingerprint density at radius 1 is 0.548 bits per heavy atom. The molecule has 0 fully saturated rings. The number of rotatable bonds is 8. The molecular formula is C58H61Cl2SiZr-3. The smallest absolute Gasteiger partial charge is 0.0920 e. The van der Waals surface area contributed by atoms with Crippen molar-refractivity contribution in [2.75, 3.05) is 0 Å². The molecule has 0 nitrogen and oxygen atoms in total. The second-order valence-corrected chi connectivity index (χ2v) is 23.4. The Kier molecular flexibility index (Phi) is 17.1. The predicted molar refractivity (Wildman–Crippen MR) is 272 cm³/mol. The summed E-state index contributed by atoms with van der Waals surface area (Å²) in [4.78, 5) is 0. The second kappa shape index (κ2) is 22.2. The van der Waals surface area contributed by atoms with Gasteiger partial charge in [0.05, 0.1) is 9.52 Å². The summed E-state index contributed by atoms with van der Waals surface area (Å²) in [7, 11) is 10.7. The van der Waals surface area contributed by atoms with Gasteiger partial charge in [-0.05, 0) is 47.6 Å². The summed E-state index contributed by atoms with van der Waals surface area (Å²) < 4.78 is 0. The monoisotopic (exact) mass is 945 g/mol. The van der Waals surface area contributed by atoms with E-state index >= 15 is 0 Å². The Morgan fingerprint density at radius 3 is 1.44 bits per heavy atom. The molecule has 8 aromatic carbocycles. The van der Waals surface area contributed by atoms with Crippen molar-refractivity contribution < 1.29 is 20.8 Å². The van der Waals surface area contributed by atoms with Crippen molar-refractivity contribution in [3.63, 3.8) is 0 Å². The van der Waals surface area contributed by atoms with Crippen LogP contribution >= 0.6 is 17.0 Å². The second-order valence-electron chi connectivity index (χ2n) is 18.3. The number of halogens is 2. The van der Waals surface area contributed by atoms with E-state index < -0.39 is 20.8 Å². The molecule has 0 aliphatic carbocycles. The Balaban J connectivity index is 0.000000155. The van der Waals surface area contributed by atoms with Crippen LogP contribution in [0, 0.1) is 6.07 Å². The molecule has 1 aliphatic rings. The summed E-state index contributed by atoms with van der Waals surface area (Å²) >= 11 is -0.826. The fraction of sp³-hybridized carbons (Fsp3) is 0.276. The van der Waals surface area contributed by atoms with Gasteiger partial charge in [0.2, 0.25) is 0 Å². The van der Waals surface area contributed by atoms with Gasteiger partial charge in [-0.25, -0.2) is 0 Å². The number of benzene rings is 6. The molecule has 62 heavy (non-hydrogen) atoms. The SMILES string of the molecule is CCCCc1ccc2[cH-]c(C(C)(C)C)cc2c1-c1ccccc1.CCCCc1ccc2[cH-]c(C(C)(C)C)cc2c1-c1ccccc1.[Cl][Zr][Cl].[c-]1cccc2c1[Si]c1ccccc1-2. The first-order valence-corrected chi connectivity index (χ1v) is 29.6. The summed E-state index contributed by atoms with van der Waals surface area (Å²) in [6.07, 6.45) is 7.29. The van der Waals surface area contributed by atoms with Crippen LogP contribution in [0.2, 0.25) is 0 Å². The molecule has 0 saturated carbocycles. The van der Waals surface area contributed by atoms with Crippen molar-refractivity contribution >= 4 is 58.5 Å². The molecule has 1 aliphatic heterocycles. The minimum absolute atomic E-state index is 0.191. The molecule has 0 atom stereocenters. The van der Waals surface area contributed by atoms with E-state index in [2.05, 4.69) is 207 Å². The van der Waals surface area contributed by atoms with Gasteiger partial charge in [-0.15, -0.1) is 74.6 Å². The van der Waals surface area contributed by atoms with Gasteiger partial charge in [0.1, 0.15) is 0 Å². The molecule has 318 valence electrons. The van der Waals surface area contributed by atoms with Crippen LogP contribution in [-0.2, 0) is 44.5 Å². The Bertz CT molecular complexity index is 2450. The van der Waals surface area contributed by atoms with Gasteiger partial charge in [0.25, 0.3) is 0 Å². The molecule has 2 radical (unpaired) electrons. The van der Waals surface area contributed by atoms with Crippen molar-refractivity contribution in [2.45, 2.75) is 105 Å². The fourth-order valence-electron chi connectivity index (χ4n) is 8.29. The van der Waals surface area contributed by atoms with E-state index in [4.69, 9.17) is 17.0 Å². The summed E-state index contributed by atoms with van der Waals surface area (Å²) in [5, 5.41) is 8.39. The van der Waals surface area contributed by atoms with Gasteiger partial charge < -0.3 is 0 Å². The molecule has 0 amide bonds. The van der Waals surface area contributed by atoms with Gasteiger partial charge in [-0.3, -0.25) is 0 Å². The van der Waals surface area contributed by atoms with Crippen LogP contribution < -0.4 is 10.4 Å². The van der Waals surface area contributed by atoms with Crippen molar-refractivity contribution in [3.8, 4) is 33.4 Å². The van der Waals surface area contributed by atoms with E-state index in [-0.39, 0.29) is 10.8 Å². The molecule has 0 saturated heterocycles. The van der Waals surface area contributed by atoms with E-state index in [0.717, 1.165) is 22.4 Å². The van der Waals surface area contributed by atoms with E-state index in [0.29, 0.717) is 0 Å². The van der Waals surface area contributed by atoms with Crippen LogP contribution in [0.5, 0.6) is 0 Å². The molecule has 0 aromatic heterocycles. The molecule has 9 rings (SSSR count). The number of fused-ring (bicyclic) bond motifs is 5. The third-order valence-electron chi connectivity index (χ3n) is 11.7. The van der Waals surface area contributed by atoms with Crippen LogP contribution in [0.1, 0.15) is 103 Å². The normalized spacial score (nSPS) is 11.7. The molecule has 0 spiro atoms. The first-order valence-electron chi connectivity index (χ1n) is 22.3. The molecular weight excluding hydrogens is 887 g/mol. The summed E-state index contributed by atoms with van der Waals surface area (Å²) in [5.41, 5.74) is 14.5. The van der Waals surface area contributed by atoms with Crippen LogP contribution in [0.25, 0.3) is 54.9 Å². The van der Waals surface area contributed by atoms with Crippen LogP contribution in [-0.4, -0.2) is 9.52 Å². The zero-order chi connectivity index (χ0) is 44.3. The van der Waals surface area contributed by atoms with Crippen molar-refractivity contribution in [3.05, 3.63) is 180 Å². The summed E-state index contributed by atoms with van der Waals surface area (Å²) in [5.74, 6) is 0. The average molecular weight is 948 g/mol. The third-order valence-corrected chi connectivity index (χ3v) is 13.1. The standard InChI is InChI=1S/2C23H27.C12H7Si.2ClH.Zr/c2*1-5-6-10-18-13-14-19-15-20(23(2,3)4)16-21(19)22(18)17-11-8-7-9-12-17;1-3-7-11-9(5-1)10-6-2-4-8-12(10)13-11;;;/h2*7-9,11-16H,5-6,10H2,1-4H3;1-7H;2*1H;/q3*-1;;;+2/p-2. The van der Waals surface area contributed by atoms with Crippen molar-refractivity contribution in [1.82, 2.24) is 0 Å². The maximum Gasteiger partial charge on any atom is 0.0920 e. The first kappa shape index (κ1) is 47.7. The first-order chi connectivity index (χ1) is 29.9. The van der Waals surface area contributed by atoms with Gasteiger partial charge in [0, 0.05) is 0 Å². The minimum atomic E-state index is -0.826. The average Bonchev–Trinajstić information content (AvgIpc) is 4.02. The number of hydrogen-bond acceptors (Lipinski definition) is 0. The molecule has 4 heteroatoms. The Hall–Kier alpha value is -3.78. The minimum Gasteiger partial charge on any atom is -0.184 e. The van der Waals surface area contributed by atoms with E-state index in [1.165, 1.54) is 113 Å². The zero-order valence-corrected chi connectivity index (χ0v) is 42.9.